The molecule has 0 heterocycles. The predicted molar refractivity (Wildman–Crippen MR) is 135 cm³/mol. The maximum absolute atomic E-state index is 12.0. The van der Waals surface area contributed by atoms with Crippen molar-refractivity contribution >= 4 is 11.7 Å². The third kappa shape index (κ3) is 18.1. The lowest BCUT2D eigenvalue weighted by atomic mass is 10.00. The van der Waals surface area contributed by atoms with Crippen LogP contribution < -0.4 is 10.5 Å². The lowest BCUT2D eigenvalue weighted by Gasteiger charge is -2.13. The van der Waals surface area contributed by atoms with Gasteiger partial charge in [-0.15, -0.1) is 0 Å². The Balaban J connectivity index is 1.75. The minimum atomic E-state index is -0.116. The molecule has 9 nitrogen and oxygen atoms in total. The van der Waals surface area contributed by atoms with E-state index in [1.165, 1.54) is 0 Å². The van der Waals surface area contributed by atoms with E-state index in [-0.39, 0.29) is 18.5 Å². The molecule has 0 amide bonds. The van der Waals surface area contributed by atoms with Gasteiger partial charge in [0.1, 0.15) is 19.0 Å². The van der Waals surface area contributed by atoms with E-state index < -0.39 is 0 Å². The van der Waals surface area contributed by atoms with Crippen LogP contribution in [0.25, 0.3) is 0 Å². The van der Waals surface area contributed by atoms with Crippen LogP contribution in [-0.2, 0) is 33.2 Å². The third-order valence-electron chi connectivity index (χ3n) is 5.07. The molecule has 1 rings (SSSR count). The largest absolute Gasteiger partial charge is 0.491 e. The molecule has 0 bridgehead atoms. The fraction of sp³-hybridized carbons (Fsp3) is 0.731. The quantitative estimate of drug-likeness (QED) is 0.130. The molecule has 2 N–H and O–H groups in total. The molecular formula is C26H45NO8. The highest BCUT2D eigenvalue weighted by molar-refractivity contribution is 5.72. The second-order valence-electron chi connectivity index (χ2n) is 7.89. The van der Waals surface area contributed by atoms with Crippen LogP contribution in [-0.4, -0.2) is 85.3 Å². The summed E-state index contributed by atoms with van der Waals surface area (Å²) in [6, 6.07) is 7.26. The first-order valence-electron chi connectivity index (χ1n) is 12.7. The van der Waals surface area contributed by atoms with E-state index in [0.717, 1.165) is 31.4 Å². The Morgan fingerprint density at radius 3 is 1.63 bits per heavy atom. The number of nitrogen functional groups attached to an aromatic ring is 1. The Labute approximate surface area is 210 Å². The molecule has 1 unspecified atom stereocenters. The molecule has 0 saturated heterocycles. The molecule has 202 valence electrons. The highest BCUT2D eigenvalue weighted by Gasteiger charge is 2.16. The van der Waals surface area contributed by atoms with Gasteiger partial charge in [-0.1, -0.05) is 26.7 Å². The summed E-state index contributed by atoms with van der Waals surface area (Å²) in [6.45, 7) is 9.71. The zero-order valence-corrected chi connectivity index (χ0v) is 21.5. The first kappa shape index (κ1) is 31.1. The van der Waals surface area contributed by atoms with E-state index in [2.05, 4.69) is 6.92 Å². The van der Waals surface area contributed by atoms with Crippen molar-refractivity contribution in [3.05, 3.63) is 24.3 Å². The molecule has 0 aliphatic rings. The normalized spacial score (nSPS) is 11.9. The van der Waals surface area contributed by atoms with Crippen LogP contribution in [0.2, 0.25) is 0 Å². The van der Waals surface area contributed by atoms with Crippen LogP contribution in [0, 0.1) is 5.92 Å². The second kappa shape index (κ2) is 22.5. The number of hydrogen-bond donors (Lipinski definition) is 1. The Kier molecular flexibility index (Phi) is 20.0. The van der Waals surface area contributed by atoms with Crippen LogP contribution in [0.1, 0.15) is 39.5 Å². The molecule has 0 spiro atoms. The zero-order valence-electron chi connectivity index (χ0n) is 21.5. The predicted octanol–water partition coefficient (Wildman–Crippen LogP) is 3.49. The molecule has 0 radical (unpaired) electrons. The van der Waals surface area contributed by atoms with Crippen molar-refractivity contribution in [2.24, 2.45) is 5.92 Å². The summed E-state index contributed by atoms with van der Waals surface area (Å²) in [5, 5.41) is 0. The number of hydrogen-bond acceptors (Lipinski definition) is 9. The number of anilines is 1. The zero-order chi connectivity index (χ0) is 25.4. The highest BCUT2D eigenvalue weighted by atomic mass is 16.6. The molecule has 0 aromatic heterocycles. The standard InChI is InChI=1S/C26H45NO8/c1-3-5-6-23(4-2)26(28)35-22-20-33-18-16-31-14-12-29-11-13-30-15-17-32-19-21-34-25-9-7-24(27)8-10-25/h7-10,23H,3-6,11-22,27H2,1-2H3. The van der Waals surface area contributed by atoms with Crippen molar-refractivity contribution in [3.63, 3.8) is 0 Å². The number of rotatable bonds is 24. The SMILES string of the molecule is CCCCC(CC)C(=O)OCCOCCOCCOCCOCCOCCOc1ccc(N)cc1. The minimum Gasteiger partial charge on any atom is -0.491 e. The molecule has 35 heavy (non-hydrogen) atoms. The van der Waals surface area contributed by atoms with Gasteiger partial charge in [-0.2, -0.15) is 0 Å². The number of nitrogens with two attached hydrogens (primary N) is 1. The number of carbonyl (C=O) groups excluding carboxylic acids is 1. The average Bonchev–Trinajstić information content (AvgIpc) is 2.87. The molecule has 0 aliphatic heterocycles. The van der Waals surface area contributed by atoms with E-state index >= 15 is 0 Å². The fourth-order valence-corrected chi connectivity index (χ4v) is 3.02. The van der Waals surface area contributed by atoms with Gasteiger partial charge in [0.2, 0.25) is 0 Å². The highest BCUT2D eigenvalue weighted by Crippen LogP contribution is 2.14. The van der Waals surface area contributed by atoms with Crippen molar-refractivity contribution < 1.29 is 38.0 Å². The molecule has 0 fully saturated rings. The van der Waals surface area contributed by atoms with Gasteiger partial charge in [0.15, 0.2) is 0 Å². The Bertz CT molecular complexity index is 614. The van der Waals surface area contributed by atoms with Crippen molar-refractivity contribution in [2.45, 2.75) is 39.5 Å². The Morgan fingerprint density at radius 1 is 0.714 bits per heavy atom. The first-order chi connectivity index (χ1) is 17.2. The maximum Gasteiger partial charge on any atom is 0.308 e. The van der Waals surface area contributed by atoms with E-state index in [1.807, 2.05) is 19.1 Å². The number of esters is 1. The van der Waals surface area contributed by atoms with Gasteiger partial charge in [0.25, 0.3) is 0 Å². The van der Waals surface area contributed by atoms with Crippen LogP contribution >= 0.6 is 0 Å². The lowest BCUT2D eigenvalue weighted by Crippen LogP contribution is -2.20. The summed E-state index contributed by atoms with van der Waals surface area (Å²) in [7, 11) is 0. The van der Waals surface area contributed by atoms with Crippen molar-refractivity contribution in [3.8, 4) is 5.75 Å². The smallest absolute Gasteiger partial charge is 0.308 e. The van der Waals surface area contributed by atoms with Crippen LogP contribution in [0.3, 0.4) is 0 Å². The van der Waals surface area contributed by atoms with Crippen molar-refractivity contribution in [1.82, 2.24) is 0 Å². The van der Waals surface area contributed by atoms with Gasteiger partial charge in [-0.3, -0.25) is 4.79 Å². The molecule has 1 aromatic rings. The number of ether oxygens (including phenoxy) is 7. The van der Waals surface area contributed by atoms with Crippen molar-refractivity contribution in [2.75, 3.05) is 85.0 Å². The molecule has 0 saturated carbocycles. The van der Waals surface area contributed by atoms with Gasteiger partial charge in [0.05, 0.1) is 72.0 Å². The van der Waals surface area contributed by atoms with Gasteiger partial charge in [0, 0.05) is 5.69 Å². The fourth-order valence-electron chi connectivity index (χ4n) is 3.02. The topological polar surface area (TPSA) is 108 Å². The molecule has 0 aliphatic carbocycles. The number of benzene rings is 1. The number of unbranched alkanes of at least 4 members (excludes halogenated alkanes) is 1. The van der Waals surface area contributed by atoms with Gasteiger partial charge in [-0.25, -0.2) is 0 Å². The maximum atomic E-state index is 12.0. The Hall–Kier alpha value is -1.91. The molecular weight excluding hydrogens is 454 g/mol. The van der Waals surface area contributed by atoms with E-state index in [4.69, 9.17) is 38.9 Å². The van der Waals surface area contributed by atoms with Crippen LogP contribution in [0.4, 0.5) is 5.69 Å². The van der Waals surface area contributed by atoms with E-state index in [9.17, 15) is 4.79 Å². The lowest BCUT2D eigenvalue weighted by molar-refractivity contribution is -0.150. The summed E-state index contributed by atoms with van der Waals surface area (Å²) in [6.07, 6.45) is 3.85. The minimum absolute atomic E-state index is 0.00333. The number of carbonyl (C=O) groups is 1. The molecule has 1 aromatic carbocycles. The second-order valence-corrected chi connectivity index (χ2v) is 7.89. The van der Waals surface area contributed by atoms with E-state index in [0.29, 0.717) is 78.4 Å². The van der Waals surface area contributed by atoms with E-state index in [1.54, 1.807) is 12.1 Å². The van der Waals surface area contributed by atoms with Crippen LogP contribution in [0.15, 0.2) is 24.3 Å². The van der Waals surface area contributed by atoms with Crippen LogP contribution in [0.5, 0.6) is 5.75 Å². The summed E-state index contributed by atoms with van der Waals surface area (Å²) < 4.78 is 38.0. The molecule has 1 atom stereocenters. The summed E-state index contributed by atoms with van der Waals surface area (Å²) >= 11 is 0. The van der Waals surface area contributed by atoms with Crippen molar-refractivity contribution in [1.29, 1.82) is 0 Å². The first-order valence-corrected chi connectivity index (χ1v) is 12.7. The summed E-state index contributed by atoms with van der Waals surface area (Å²) in [4.78, 5) is 12.0. The molecule has 9 heteroatoms. The van der Waals surface area contributed by atoms with Gasteiger partial charge >= 0.3 is 5.97 Å². The van der Waals surface area contributed by atoms with Gasteiger partial charge in [-0.05, 0) is 37.1 Å². The van der Waals surface area contributed by atoms with Gasteiger partial charge < -0.3 is 38.9 Å². The Morgan fingerprint density at radius 2 is 1.17 bits per heavy atom. The third-order valence-corrected chi connectivity index (χ3v) is 5.07. The monoisotopic (exact) mass is 499 g/mol. The summed E-state index contributed by atoms with van der Waals surface area (Å²) in [5.74, 6) is 0.659. The summed E-state index contributed by atoms with van der Waals surface area (Å²) in [5.41, 5.74) is 6.34. The average molecular weight is 500 g/mol.